The summed E-state index contributed by atoms with van der Waals surface area (Å²) in [5.41, 5.74) is 7.74. The zero-order chi connectivity index (χ0) is 10.5. The molecular formula is C12H19N3. The molecule has 1 aromatic heterocycles. The van der Waals surface area contributed by atoms with E-state index in [4.69, 9.17) is 5.73 Å². The van der Waals surface area contributed by atoms with Gasteiger partial charge in [0.25, 0.3) is 0 Å². The zero-order valence-electron chi connectivity index (χ0n) is 9.15. The van der Waals surface area contributed by atoms with Gasteiger partial charge in [0.1, 0.15) is 0 Å². The van der Waals surface area contributed by atoms with E-state index in [9.17, 15) is 0 Å². The average Bonchev–Trinajstić information content (AvgIpc) is 2.31. The third kappa shape index (κ3) is 2.75. The summed E-state index contributed by atoms with van der Waals surface area (Å²) < 4.78 is 0. The second kappa shape index (κ2) is 5.21. The van der Waals surface area contributed by atoms with Crippen molar-refractivity contribution in [3.63, 3.8) is 0 Å². The summed E-state index contributed by atoms with van der Waals surface area (Å²) in [6.07, 6.45) is 11.2. The third-order valence-corrected chi connectivity index (χ3v) is 3.13. The van der Waals surface area contributed by atoms with Gasteiger partial charge in [-0.05, 0) is 19.4 Å². The molecule has 0 radical (unpaired) electrons. The van der Waals surface area contributed by atoms with E-state index in [0.29, 0.717) is 12.5 Å². The van der Waals surface area contributed by atoms with Crippen LogP contribution in [0.5, 0.6) is 0 Å². The highest BCUT2D eigenvalue weighted by Crippen LogP contribution is 2.31. The lowest BCUT2D eigenvalue weighted by molar-refractivity contribution is 0.435. The van der Waals surface area contributed by atoms with Gasteiger partial charge in [0.15, 0.2) is 0 Å². The largest absolute Gasteiger partial charge is 0.330 e. The van der Waals surface area contributed by atoms with Gasteiger partial charge < -0.3 is 5.73 Å². The molecule has 0 aliphatic heterocycles. The summed E-state index contributed by atoms with van der Waals surface area (Å²) in [4.78, 5) is 8.90. The zero-order valence-corrected chi connectivity index (χ0v) is 9.15. The lowest BCUT2D eigenvalue weighted by atomic mass is 9.87. The van der Waals surface area contributed by atoms with Crippen LogP contribution in [0.25, 0.3) is 0 Å². The van der Waals surface area contributed by atoms with Crippen LogP contribution in [0, 0.1) is 0 Å². The molecule has 3 nitrogen and oxygen atoms in total. The van der Waals surface area contributed by atoms with Crippen LogP contribution in [-0.2, 0) is 6.42 Å². The quantitative estimate of drug-likeness (QED) is 0.821. The molecule has 82 valence electrons. The molecular weight excluding hydrogens is 186 g/mol. The third-order valence-electron chi connectivity index (χ3n) is 3.13. The Morgan fingerprint density at radius 2 is 2.00 bits per heavy atom. The maximum absolute atomic E-state index is 5.52. The SMILES string of the molecule is NCCc1cncc(C2CCCCC2)n1. The molecule has 3 heteroatoms. The molecule has 15 heavy (non-hydrogen) atoms. The van der Waals surface area contributed by atoms with Crippen molar-refractivity contribution in [3.8, 4) is 0 Å². The van der Waals surface area contributed by atoms with Crippen LogP contribution < -0.4 is 5.73 Å². The Bertz CT molecular complexity index is 305. The Hall–Kier alpha value is -0.960. The van der Waals surface area contributed by atoms with Crippen molar-refractivity contribution in [1.82, 2.24) is 9.97 Å². The number of aromatic nitrogens is 2. The summed E-state index contributed by atoms with van der Waals surface area (Å²) in [6, 6.07) is 0. The first-order chi connectivity index (χ1) is 7.40. The first-order valence-electron chi connectivity index (χ1n) is 5.91. The van der Waals surface area contributed by atoms with Gasteiger partial charge in [-0.3, -0.25) is 9.97 Å². The Balaban J connectivity index is 2.09. The van der Waals surface area contributed by atoms with Gasteiger partial charge >= 0.3 is 0 Å². The minimum absolute atomic E-state index is 0.643. The van der Waals surface area contributed by atoms with Crippen LogP contribution in [0.2, 0.25) is 0 Å². The first kappa shape index (κ1) is 10.6. The molecule has 0 bridgehead atoms. The van der Waals surface area contributed by atoms with E-state index in [0.717, 1.165) is 12.1 Å². The number of hydrogen-bond donors (Lipinski definition) is 1. The minimum atomic E-state index is 0.643. The Labute approximate surface area is 91.1 Å². The Kier molecular flexibility index (Phi) is 3.67. The Morgan fingerprint density at radius 1 is 1.20 bits per heavy atom. The fraction of sp³-hybridized carbons (Fsp3) is 0.667. The molecule has 1 saturated carbocycles. The molecule has 1 heterocycles. The molecule has 2 rings (SSSR count). The van der Waals surface area contributed by atoms with E-state index in [-0.39, 0.29) is 0 Å². The second-order valence-electron chi connectivity index (χ2n) is 4.31. The van der Waals surface area contributed by atoms with E-state index in [2.05, 4.69) is 9.97 Å². The molecule has 0 saturated heterocycles. The number of nitrogens with zero attached hydrogens (tertiary/aromatic N) is 2. The topological polar surface area (TPSA) is 51.8 Å². The number of nitrogens with two attached hydrogens (primary N) is 1. The Morgan fingerprint density at radius 3 is 2.73 bits per heavy atom. The van der Waals surface area contributed by atoms with Crippen LogP contribution in [0.1, 0.15) is 49.4 Å². The van der Waals surface area contributed by atoms with Crippen LogP contribution in [0.15, 0.2) is 12.4 Å². The van der Waals surface area contributed by atoms with Crippen molar-refractivity contribution in [2.24, 2.45) is 5.73 Å². The van der Waals surface area contributed by atoms with Crippen molar-refractivity contribution < 1.29 is 0 Å². The predicted molar refractivity (Wildman–Crippen MR) is 60.6 cm³/mol. The average molecular weight is 205 g/mol. The molecule has 1 fully saturated rings. The summed E-state index contributed by atoms with van der Waals surface area (Å²) in [5.74, 6) is 0.643. The van der Waals surface area contributed by atoms with Gasteiger partial charge in [-0.1, -0.05) is 19.3 Å². The van der Waals surface area contributed by atoms with Crippen molar-refractivity contribution in [3.05, 3.63) is 23.8 Å². The fourth-order valence-corrected chi connectivity index (χ4v) is 2.29. The lowest BCUT2D eigenvalue weighted by Crippen LogP contribution is -2.10. The van der Waals surface area contributed by atoms with Gasteiger partial charge in [0.05, 0.1) is 11.4 Å². The molecule has 0 spiro atoms. The highest BCUT2D eigenvalue weighted by atomic mass is 14.8. The summed E-state index contributed by atoms with van der Waals surface area (Å²) in [6.45, 7) is 0.656. The lowest BCUT2D eigenvalue weighted by Gasteiger charge is -2.20. The number of rotatable bonds is 3. The normalized spacial score (nSPS) is 17.9. The molecule has 0 aromatic carbocycles. The molecule has 0 atom stereocenters. The molecule has 1 aliphatic rings. The summed E-state index contributed by atoms with van der Waals surface area (Å²) in [5, 5.41) is 0. The van der Waals surface area contributed by atoms with Crippen LogP contribution in [-0.4, -0.2) is 16.5 Å². The predicted octanol–water partition coefficient (Wildman–Crippen LogP) is 2.03. The van der Waals surface area contributed by atoms with Gasteiger partial charge in [0, 0.05) is 24.7 Å². The van der Waals surface area contributed by atoms with Crippen molar-refractivity contribution in [1.29, 1.82) is 0 Å². The van der Waals surface area contributed by atoms with Gasteiger partial charge in [0.2, 0.25) is 0 Å². The van der Waals surface area contributed by atoms with Crippen LogP contribution >= 0.6 is 0 Å². The van der Waals surface area contributed by atoms with Crippen molar-refractivity contribution >= 4 is 0 Å². The molecule has 1 aliphatic carbocycles. The monoisotopic (exact) mass is 205 g/mol. The van der Waals surface area contributed by atoms with Crippen LogP contribution in [0.4, 0.5) is 0 Å². The van der Waals surface area contributed by atoms with Gasteiger partial charge in [-0.15, -0.1) is 0 Å². The van der Waals surface area contributed by atoms with Crippen LogP contribution in [0.3, 0.4) is 0 Å². The highest BCUT2D eigenvalue weighted by molar-refractivity contribution is 5.09. The number of hydrogen-bond acceptors (Lipinski definition) is 3. The molecule has 1 aromatic rings. The maximum Gasteiger partial charge on any atom is 0.0620 e. The van der Waals surface area contributed by atoms with Gasteiger partial charge in [-0.2, -0.15) is 0 Å². The van der Waals surface area contributed by atoms with Crippen molar-refractivity contribution in [2.75, 3.05) is 6.54 Å². The summed E-state index contributed by atoms with van der Waals surface area (Å²) in [7, 11) is 0. The molecule has 0 amide bonds. The van der Waals surface area contributed by atoms with E-state index in [1.165, 1.54) is 37.8 Å². The van der Waals surface area contributed by atoms with Crippen molar-refractivity contribution in [2.45, 2.75) is 44.4 Å². The molecule has 2 N–H and O–H groups in total. The fourth-order valence-electron chi connectivity index (χ4n) is 2.29. The second-order valence-corrected chi connectivity index (χ2v) is 4.31. The van der Waals surface area contributed by atoms with Gasteiger partial charge in [-0.25, -0.2) is 0 Å². The van der Waals surface area contributed by atoms with E-state index in [1.807, 2.05) is 12.4 Å². The standard InChI is InChI=1S/C12H19N3/c13-7-6-11-8-14-9-12(15-11)10-4-2-1-3-5-10/h8-10H,1-7,13H2. The van der Waals surface area contributed by atoms with E-state index in [1.54, 1.807) is 0 Å². The highest BCUT2D eigenvalue weighted by Gasteiger charge is 2.17. The molecule has 0 unspecified atom stereocenters. The smallest absolute Gasteiger partial charge is 0.0620 e. The maximum atomic E-state index is 5.52. The van der Waals surface area contributed by atoms with E-state index >= 15 is 0 Å². The first-order valence-corrected chi connectivity index (χ1v) is 5.91. The minimum Gasteiger partial charge on any atom is -0.330 e. The summed E-state index contributed by atoms with van der Waals surface area (Å²) >= 11 is 0. The van der Waals surface area contributed by atoms with E-state index < -0.39 is 0 Å².